The van der Waals surface area contributed by atoms with Crippen molar-refractivity contribution in [2.75, 3.05) is 0 Å². The molecular weight excluding hydrogens is 249 g/mol. The van der Waals surface area contributed by atoms with Crippen molar-refractivity contribution >= 4 is 5.97 Å². The van der Waals surface area contributed by atoms with Crippen molar-refractivity contribution in [1.82, 2.24) is 0 Å². The molecule has 0 bridgehead atoms. The first-order chi connectivity index (χ1) is 8.31. The first-order valence-electron chi connectivity index (χ1n) is 5.41. The highest BCUT2D eigenvalue weighted by Gasteiger charge is 2.43. The fraction of sp³-hybridized carbons (Fsp3) is 0.417. The Bertz CT molecular complexity index is 487. The van der Waals surface area contributed by atoms with Crippen molar-refractivity contribution in [3.63, 3.8) is 0 Å². The van der Waals surface area contributed by atoms with Crippen LogP contribution in [0.5, 0.6) is 5.75 Å². The number of carboxylic acids is 1. The molecule has 0 aliphatic heterocycles. The zero-order valence-electron chi connectivity index (χ0n) is 9.49. The van der Waals surface area contributed by atoms with Crippen LogP contribution < -0.4 is 4.74 Å². The lowest BCUT2D eigenvalue weighted by atomic mass is 10.1. The highest BCUT2D eigenvalue weighted by molar-refractivity contribution is 5.73. The smallest absolute Gasteiger partial charge is 0.474 e. The molecule has 0 radical (unpaired) electrons. The van der Waals surface area contributed by atoms with Gasteiger partial charge in [0.1, 0.15) is 0 Å². The van der Waals surface area contributed by atoms with Gasteiger partial charge in [0.05, 0.1) is 0 Å². The molecular formula is C12H11F3O3. The summed E-state index contributed by atoms with van der Waals surface area (Å²) in [6.45, 7) is 1.99. The topological polar surface area (TPSA) is 46.5 Å². The van der Waals surface area contributed by atoms with Gasteiger partial charge in [-0.25, -0.2) is 9.18 Å². The van der Waals surface area contributed by atoms with Gasteiger partial charge in [-0.1, -0.05) is 13.0 Å². The minimum atomic E-state index is -4.44. The molecule has 2 atom stereocenters. The first kappa shape index (κ1) is 12.7. The Morgan fingerprint density at radius 2 is 2.11 bits per heavy atom. The number of hydrogen-bond donors (Lipinski definition) is 1. The van der Waals surface area contributed by atoms with Crippen LogP contribution in [-0.2, 0) is 4.79 Å². The minimum absolute atomic E-state index is 0.200. The fourth-order valence-electron chi connectivity index (χ4n) is 1.80. The van der Waals surface area contributed by atoms with E-state index in [1.54, 1.807) is 0 Å². The highest BCUT2D eigenvalue weighted by Crippen LogP contribution is 2.47. The Labute approximate surface area is 101 Å². The van der Waals surface area contributed by atoms with Gasteiger partial charge in [0.15, 0.2) is 11.6 Å². The molecule has 1 N–H and O–H groups in total. The Kier molecular flexibility index (Phi) is 2.96. The fourth-order valence-corrected chi connectivity index (χ4v) is 1.80. The van der Waals surface area contributed by atoms with Crippen LogP contribution in [0.25, 0.3) is 0 Å². The second-order valence-electron chi connectivity index (χ2n) is 4.43. The molecule has 3 nitrogen and oxygen atoms in total. The molecule has 1 fully saturated rings. The van der Waals surface area contributed by atoms with E-state index in [4.69, 9.17) is 5.11 Å². The summed E-state index contributed by atoms with van der Waals surface area (Å²) in [4.78, 5) is 10.2. The van der Waals surface area contributed by atoms with Crippen LogP contribution in [0.2, 0.25) is 0 Å². The van der Waals surface area contributed by atoms with Gasteiger partial charge in [-0.2, -0.15) is 8.78 Å². The lowest BCUT2D eigenvalue weighted by Gasteiger charge is -2.14. The third-order valence-electron chi connectivity index (χ3n) is 2.98. The van der Waals surface area contributed by atoms with Crippen molar-refractivity contribution in [2.45, 2.75) is 25.4 Å². The molecule has 18 heavy (non-hydrogen) atoms. The molecule has 0 spiro atoms. The largest absolute Gasteiger partial charge is 0.502 e. The van der Waals surface area contributed by atoms with Crippen molar-refractivity contribution in [1.29, 1.82) is 0 Å². The number of aliphatic carboxylic acids is 1. The zero-order valence-corrected chi connectivity index (χ0v) is 9.49. The maximum atomic E-state index is 13.3. The summed E-state index contributed by atoms with van der Waals surface area (Å²) in [6, 6.07) is 3.64. The number of benzene rings is 1. The Morgan fingerprint density at radius 1 is 1.50 bits per heavy atom. The molecule has 1 saturated carbocycles. The second-order valence-corrected chi connectivity index (χ2v) is 4.43. The van der Waals surface area contributed by atoms with Crippen LogP contribution in [0.3, 0.4) is 0 Å². The van der Waals surface area contributed by atoms with Gasteiger partial charge in [0.25, 0.3) is 0 Å². The third-order valence-corrected chi connectivity index (χ3v) is 2.98. The van der Waals surface area contributed by atoms with Crippen LogP contribution in [0.15, 0.2) is 18.2 Å². The van der Waals surface area contributed by atoms with Crippen molar-refractivity contribution < 1.29 is 27.8 Å². The normalized spacial score (nSPS) is 22.7. The van der Waals surface area contributed by atoms with Crippen LogP contribution in [0.4, 0.5) is 13.2 Å². The maximum Gasteiger partial charge on any atom is 0.502 e. The van der Waals surface area contributed by atoms with Gasteiger partial charge < -0.3 is 9.84 Å². The Balaban J connectivity index is 2.24. The molecule has 6 heteroatoms. The summed E-state index contributed by atoms with van der Waals surface area (Å²) in [5.41, 5.74) is 0.681. The van der Waals surface area contributed by atoms with Gasteiger partial charge in [0.2, 0.25) is 0 Å². The Morgan fingerprint density at radius 3 is 2.61 bits per heavy atom. The summed E-state index contributed by atoms with van der Waals surface area (Å²) in [5, 5.41) is 8.23. The van der Waals surface area contributed by atoms with Gasteiger partial charge in [0, 0.05) is 0 Å². The Hall–Kier alpha value is -1.72. The molecule has 1 aliphatic rings. The van der Waals surface area contributed by atoms with E-state index in [9.17, 15) is 18.0 Å². The quantitative estimate of drug-likeness (QED) is 0.905. The summed E-state index contributed by atoms with van der Waals surface area (Å²) in [7, 11) is 0. The number of hydrogen-bond acceptors (Lipinski definition) is 2. The van der Waals surface area contributed by atoms with E-state index in [0.29, 0.717) is 11.5 Å². The molecule has 1 aromatic rings. The molecule has 1 aromatic carbocycles. The van der Waals surface area contributed by atoms with Crippen molar-refractivity contribution in [2.24, 2.45) is 5.92 Å². The number of rotatable bonds is 4. The third kappa shape index (κ3) is 2.42. The summed E-state index contributed by atoms with van der Waals surface area (Å²) in [6.07, 6.45) is -3.53. The average Bonchev–Trinajstić information content (AvgIpc) is 2.98. The first-order valence-corrected chi connectivity index (χ1v) is 5.41. The number of ether oxygens (including phenoxy) is 1. The number of carbonyl (C=O) groups is 1. The van der Waals surface area contributed by atoms with Crippen LogP contribution in [0, 0.1) is 11.7 Å². The maximum absolute atomic E-state index is 13.3. The molecule has 98 valence electrons. The van der Waals surface area contributed by atoms with E-state index < -0.39 is 23.6 Å². The standard InChI is InChI=1S/C12H11F3O3/c1-6-4-8(6)7-2-3-9(13)10(5-7)18-12(14,15)11(16)17/h2-3,5-6,8H,4H2,1H3,(H,16,17). The lowest BCUT2D eigenvalue weighted by molar-refractivity contribution is -0.211. The van der Waals surface area contributed by atoms with Crippen molar-refractivity contribution in [3.8, 4) is 5.75 Å². The monoisotopic (exact) mass is 260 g/mol. The minimum Gasteiger partial charge on any atom is -0.474 e. The molecule has 1 aliphatic carbocycles. The van der Waals surface area contributed by atoms with E-state index in [1.165, 1.54) is 6.07 Å². The molecule has 0 aromatic heterocycles. The van der Waals surface area contributed by atoms with Gasteiger partial charge in [-0.05, 0) is 36.0 Å². The lowest BCUT2D eigenvalue weighted by Crippen LogP contribution is -2.35. The van der Waals surface area contributed by atoms with E-state index >= 15 is 0 Å². The predicted octanol–water partition coefficient (Wildman–Crippen LogP) is 3.01. The second kappa shape index (κ2) is 4.19. The van der Waals surface area contributed by atoms with Crippen LogP contribution in [-0.4, -0.2) is 17.2 Å². The highest BCUT2D eigenvalue weighted by atomic mass is 19.3. The molecule has 0 heterocycles. The summed E-state index contributed by atoms with van der Waals surface area (Å²) < 4.78 is 42.9. The summed E-state index contributed by atoms with van der Waals surface area (Å²) in [5.74, 6) is -3.58. The summed E-state index contributed by atoms with van der Waals surface area (Å²) >= 11 is 0. The van der Waals surface area contributed by atoms with Crippen molar-refractivity contribution in [3.05, 3.63) is 29.6 Å². The number of alkyl halides is 2. The predicted molar refractivity (Wildman–Crippen MR) is 56.1 cm³/mol. The van der Waals surface area contributed by atoms with Crippen LogP contribution in [0.1, 0.15) is 24.8 Å². The number of halogens is 3. The SMILES string of the molecule is CC1CC1c1ccc(F)c(OC(F)(F)C(=O)O)c1. The molecule has 2 rings (SSSR count). The molecule has 2 unspecified atom stereocenters. The van der Waals surface area contributed by atoms with Gasteiger partial charge >= 0.3 is 12.1 Å². The van der Waals surface area contributed by atoms with E-state index in [1.807, 2.05) is 6.92 Å². The van der Waals surface area contributed by atoms with E-state index in [2.05, 4.69) is 4.74 Å². The van der Waals surface area contributed by atoms with E-state index in [-0.39, 0.29) is 5.92 Å². The van der Waals surface area contributed by atoms with E-state index in [0.717, 1.165) is 18.6 Å². The van der Waals surface area contributed by atoms with Gasteiger partial charge in [-0.15, -0.1) is 0 Å². The zero-order chi connectivity index (χ0) is 13.5. The van der Waals surface area contributed by atoms with Crippen LogP contribution >= 0.6 is 0 Å². The average molecular weight is 260 g/mol. The van der Waals surface area contributed by atoms with Gasteiger partial charge in [-0.3, -0.25) is 0 Å². The molecule has 0 saturated heterocycles. The number of carboxylic acid groups (broad SMARTS) is 1. The molecule has 0 amide bonds.